The third kappa shape index (κ3) is 3.89. The smallest absolute Gasteiger partial charge is 0.340 e. The second-order valence-corrected chi connectivity index (χ2v) is 8.64. The fraction of sp³-hybridized carbons (Fsp3) is 0.625. The first-order chi connectivity index (χ1) is 14.1. The lowest BCUT2D eigenvalue weighted by atomic mass is 9.95. The first-order valence-corrected chi connectivity index (χ1v) is 11.4. The van der Waals surface area contributed by atoms with Crippen LogP contribution in [0.2, 0.25) is 0 Å². The lowest BCUT2D eigenvalue weighted by Gasteiger charge is -2.27. The van der Waals surface area contributed by atoms with Gasteiger partial charge in [-0.2, -0.15) is 0 Å². The number of esters is 1. The van der Waals surface area contributed by atoms with E-state index in [1.807, 2.05) is 26.0 Å². The van der Waals surface area contributed by atoms with Crippen molar-refractivity contribution in [1.82, 2.24) is 9.47 Å². The number of carbonyl (C=O) groups excluding carboxylic acids is 1. The van der Waals surface area contributed by atoms with Crippen molar-refractivity contribution in [3.05, 3.63) is 29.0 Å². The van der Waals surface area contributed by atoms with Gasteiger partial charge in [-0.15, -0.1) is 0 Å². The zero-order valence-corrected chi connectivity index (χ0v) is 17.9. The number of nitrogens with zero attached hydrogens (tertiary/aromatic N) is 2. The number of hydrogen-bond donors (Lipinski definition) is 1. The Morgan fingerprint density at radius 2 is 1.79 bits per heavy atom. The van der Waals surface area contributed by atoms with E-state index in [0.29, 0.717) is 24.8 Å². The summed E-state index contributed by atoms with van der Waals surface area (Å²) in [7, 11) is 0. The molecule has 0 unspecified atom stereocenters. The van der Waals surface area contributed by atoms with Crippen molar-refractivity contribution in [3.63, 3.8) is 0 Å². The van der Waals surface area contributed by atoms with Crippen LogP contribution in [0.1, 0.15) is 85.9 Å². The molecule has 4 rings (SSSR count). The van der Waals surface area contributed by atoms with E-state index in [1.54, 1.807) is 0 Å². The van der Waals surface area contributed by atoms with Crippen molar-refractivity contribution in [2.45, 2.75) is 77.8 Å². The summed E-state index contributed by atoms with van der Waals surface area (Å²) in [5.41, 5.74) is 3.58. The predicted molar refractivity (Wildman–Crippen MR) is 116 cm³/mol. The number of piperidine rings is 1. The van der Waals surface area contributed by atoms with Gasteiger partial charge in [-0.25, -0.2) is 4.79 Å². The Kier molecular flexibility index (Phi) is 6.14. The van der Waals surface area contributed by atoms with Crippen molar-refractivity contribution in [2.75, 3.05) is 19.7 Å². The molecule has 5 heteroatoms. The highest BCUT2D eigenvalue weighted by Crippen LogP contribution is 2.40. The van der Waals surface area contributed by atoms with Gasteiger partial charge in [-0.05, 0) is 64.8 Å². The quantitative estimate of drug-likeness (QED) is 0.692. The summed E-state index contributed by atoms with van der Waals surface area (Å²) in [5, 5.41) is 11.7. The minimum Gasteiger partial charge on any atom is -0.508 e. The summed E-state index contributed by atoms with van der Waals surface area (Å²) in [4.78, 5) is 15.4. The minimum absolute atomic E-state index is 0.268. The largest absolute Gasteiger partial charge is 0.508 e. The molecule has 0 atom stereocenters. The van der Waals surface area contributed by atoms with Gasteiger partial charge in [0.1, 0.15) is 5.75 Å². The average Bonchev–Trinajstić information content (AvgIpc) is 3.04. The molecular formula is C24H34N2O3. The monoisotopic (exact) mass is 398 g/mol. The number of ether oxygens (including phenoxy) is 1. The molecule has 1 aromatic heterocycles. The summed E-state index contributed by atoms with van der Waals surface area (Å²) < 4.78 is 7.82. The normalized spacial score (nSPS) is 19.0. The Balaban J connectivity index is 1.87. The number of aromatic nitrogens is 1. The molecule has 1 aromatic carbocycles. The van der Waals surface area contributed by atoms with E-state index >= 15 is 0 Å². The highest BCUT2D eigenvalue weighted by Gasteiger charge is 2.29. The van der Waals surface area contributed by atoms with Crippen molar-refractivity contribution in [2.24, 2.45) is 0 Å². The fourth-order valence-corrected chi connectivity index (χ4v) is 5.35. The lowest BCUT2D eigenvalue weighted by molar-refractivity contribution is 0.0527. The maximum atomic E-state index is 13.0. The van der Waals surface area contributed by atoms with Crippen molar-refractivity contribution < 1.29 is 14.6 Å². The van der Waals surface area contributed by atoms with Crippen molar-refractivity contribution in [3.8, 4) is 5.75 Å². The maximum Gasteiger partial charge on any atom is 0.340 e. The molecule has 2 heterocycles. The molecule has 0 amide bonds. The number of likely N-dealkylation sites (tertiary alicyclic amines) is 1. The van der Waals surface area contributed by atoms with Gasteiger partial charge >= 0.3 is 5.97 Å². The fourth-order valence-electron chi connectivity index (χ4n) is 5.35. The van der Waals surface area contributed by atoms with E-state index in [-0.39, 0.29) is 11.7 Å². The van der Waals surface area contributed by atoms with Crippen LogP contribution in [-0.4, -0.2) is 40.2 Å². The average molecular weight is 399 g/mol. The van der Waals surface area contributed by atoms with Crippen molar-refractivity contribution >= 4 is 16.9 Å². The minimum atomic E-state index is -0.268. The van der Waals surface area contributed by atoms with Gasteiger partial charge in [-0.3, -0.25) is 4.90 Å². The molecule has 0 spiro atoms. The molecular weight excluding hydrogens is 364 g/mol. The van der Waals surface area contributed by atoms with Crippen LogP contribution < -0.4 is 0 Å². The number of rotatable bonds is 5. The van der Waals surface area contributed by atoms with Crippen LogP contribution in [0.25, 0.3) is 10.9 Å². The van der Waals surface area contributed by atoms with E-state index < -0.39 is 0 Å². The Morgan fingerprint density at radius 1 is 1.10 bits per heavy atom. The van der Waals surface area contributed by atoms with Gasteiger partial charge < -0.3 is 14.4 Å². The van der Waals surface area contributed by atoms with E-state index in [9.17, 15) is 9.90 Å². The molecule has 0 radical (unpaired) electrons. The van der Waals surface area contributed by atoms with Crippen LogP contribution >= 0.6 is 0 Å². The van der Waals surface area contributed by atoms with E-state index in [4.69, 9.17) is 4.74 Å². The zero-order valence-electron chi connectivity index (χ0n) is 17.9. The zero-order chi connectivity index (χ0) is 20.4. The molecule has 1 aliphatic heterocycles. The molecule has 1 N–H and O–H groups in total. The number of hydrogen-bond acceptors (Lipinski definition) is 4. The van der Waals surface area contributed by atoms with Gasteiger partial charge in [0.05, 0.1) is 12.2 Å². The predicted octanol–water partition coefficient (Wildman–Crippen LogP) is 5.32. The number of phenolic OH excluding ortho intramolecular Hbond substituents is 1. The first kappa shape index (κ1) is 20.3. The molecule has 1 saturated carbocycles. The number of fused-ring (bicyclic) bond motifs is 1. The molecule has 1 aliphatic carbocycles. The highest BCUT2D eigenvalue weighted by atomic mass is 16.5. The Hall–Kier alpha value is -2.01. The second-order valence-electron chi connectivity index (χ2n) is 8.64. The van der Waals surface area contributed by atoms with Gasteiger partial charge in [-0.1, -0.05) is 25.7 Å². The van der Waals surface area contributed by atoms with E-state index in [0.717, 1.165) is 48.1 Å². The van der Waals surface area contributed by atoms with E-state index in [1.165, 1.54) is 38.5 Å². The molecule has 0 bridgehead atoms. The number of carbonyl (C=O) groups is 1. The summed E-state index contributed by atoms with van der Waals surface area (Å²) in [6.07, 6.45) is 9.73. The third-order valence-corrected chi connectivity index (χ3v) is 6.75. The summed E-state index contributed by atoms with van der Waals surface area (Å²) >= 11 is 0. The molecule has 5 nitrogen and oxygen atoms in total. The van der Waals surface area contributed by atoms with Gasteiger partial charge in [0.25, 0.3) is 0 Å². The highest BCUT2D eigenvalue weighted by molar-refractivity contribution is 6.08. The summed E-state index contributed by atoms with van der Waals surface area (Å²) in [6, 6.07) is 4.23. The standard InChI is InChI=1S/C24H34N2O3/c1-3-29-24(28)22-17(2)26(18-10-6-4-7-11-18)20-12-13-21(27)19(23(20)22)16-25-14-8-5-9-15-25/h12-13,18,27H,3-11,14-16H2,1-2H3. The van der Waals surface area contributed by atoms with Crippen LogP contribution in [0.3, 0.4) is 0 Å². The molecule has 29 heavy (non-hydrogen) atoms. The van der Waals surface area contributed by atoms with Gasteiger partial charge in [0.15, 0.2) is 0 Å². The lowest BCUT2D eigenvalue weighted by Crippen LogP contribution is -2.29. The van der Waals surface area contributed by atoms with Crippen LogP contribution in [-0.2, 0) is 11.3 Å². The maximum absolute atomic E-state index is 13.0. The SMILES string of the molecule is CCOC(=O)c1c(C)n(C2CCCCC2)c2ccc(O)c(CN3CCCCC3)c12. The number of phenols is 1. The second kappa shape index (κ2) is 8.78. The molecule has 2 aliphatic rings. The summed E-state index contributed by atoms with van der Waals surface area (Å²) in [5.74, 6) is 0.0180. The van der Waals surface area contributed by atoms with Crippen LogP contribution in [0.15, 0.2) is 12.1 Å². The van der Waals surface area contributed by atoms with Gasteiger partial charge in [0.2, 0.25) is 0 Å². The molecule has 2 fully saturated rings. The van der Waals surface area contributed by atoms with Crippen molar-refractivity contribution in [1.29, 1.82) is 0 Å². The molecule has 158 valence electrons. The Morgan fingerprint density at radius 3 is 2.48 bits per heavy atom. The van der Waals surface area contributed by atoms with E-state index in [2.05, 4.69) is 9.47 Å². The Labute approximate surface area is 173 Å². The Bertz CT molecular complexity index is 874. The topological polar surface area (TPSA) is 54.7 Å². The van der Waals surface area contributed by atoms with Crippen LogP contribution in [0, 0.1) is 6.92 Å². The summed E-state index contributed by atoms with van der Waals surface area (Å²) in [6.45, 7) is 7.03. The first-order valence-electron chi connectivity index (χ1n) is 11.4. The van der Waals surface area contributed by atoms with Gasteiger partial charge in [0, 0.05) is 34.7 Å². The van der Waals surface area contributed by atoms with Crippen LogP contribution in [0.5, 0.6) is 5.75 Å². The molecule has 2 aromatic rings. The number of benzene rings is 1. The van der Waals surface area contributed by atoms with Crippen LogP contribution in [0.4, 0.5) is 0 Å². The molecule has 1 saturated heterocycles. The third-order valence-electron chi connectivity index (χ3n) is 6.75. The number of aromatic hydroxyl groups is 1.